The highest BCUT2D eigenvalue weighted by atomic mass is 79.9. The summed E-state index contributed by atoms with van der Waals surface area (Å²) >= 11 is 2.91. The highest BCUT2D eigenvalue weighted by Crippen LogP contribution is 2.31. The van der Waals surface area contributed by atoms with Crippen molar-refractivity contribution in [2.75, 3.05) is 7.11 Å². The van der Waals surface area contributed by atoms with E-state index in [0.717, 1.165) is 7.11 Å². The predicted molar refractivity (Wildman–Crippen MR) is 56.6 cm³/mol. The molecule has 0 saturated heterocycles. The lowest BCUT2D eigenvalue weighted by Gasteiger charge is -2.09. The van der Waals surface area contributed by atoms with Crippen LogP contribution in [-0.2, 0) is 11.2 Å². The molecule has 0 aromatic heterocycles. The van der Waals surface area contributed by atoms with E-state index in [1.165, 1.54) is 6.07 Å². The number of aryl methyl sites for hydroxylation is 1. The Morgan fingerprint density at radius 2 is 2.12 bits per heavy atom. The van der Waals surface area contributed by atoms with E-state index in [1.54, 1.807) is 0 Å². The Labute approximate surface area is 99.2 Å². The van der Waals surface area contributed by atoms with Crippen LogP contribution in [0.3, 0.4) is 0 Å². The number of hydrogen-bond acceptors (Lipinski definition) is 2. The number of aliphatic carboxylic acids is 1. The van der Waals surface area contributed by atoms with Crippen LogP contribution in [0.25, 0.3) is 0 Å². The summed E-state index contributed by atoms with van der Waals surface area (Å²) in [6.45, 7) is 0. The van der Waals surface area contributed by atoms with Crippen molar-refractivity contribution >= 4 is 21.9 Å². The summed E-state index contributed by atoms with van der Waals surface area (Å²) in [4.78, 5) is 10.4. The molecule has 88 valence electrons. The summed E-state index contributed by atoms with van der Waals surface area (Å²) in [5.74, 6) is -3.24. The molecule has 3 nitrogen and oxygen atoms in total. The fraction of sp³-hybridized carbons (Fsp3) is 0.300. The molecule has 1 N–H and O–H groups in total. The van der Waals surface area contributed by atoms with Crippen molar-refractivity contribution in [3.05, 3.63) is 27.7 Å². The molecule has 0 heterocycles. The lowest BCUT2D eigenvalue weighted by Crippen LogP contribution is -2.03. The molecule has 0 unspecified atom stereocenters. The molecule has 1 aromatic rings. The van der Waals surface area contributed by atoms with Gasteiger partial charge in [0.1, 0.15) is 0 Å². The van der Waals surface area contributed by atoms with Gasteiger partial charge in [-0.25, -0.2) is 8.78 Å². The third-order valence-electron chi connectivity index (χ3n) is 2.00. The molecule has 16 heavy (non-hydrogen) atoms. The van der Waals surface area contributed by atoms with Gasteiger partial charge in [-0.1, -0.05) is 0 Å². The van der Waals surface area contributed by atoms with E-state index in [2.05, 4.69) is 20.7 Å². The van der Waals surface area contributed by atoms with Crippen molar-refractivity contribution in [1.82, 2.24) is 0 Å². The van der Waals surface area contributed by atoms with Crippen LogP contribution in [0.5, 0.6) is 5.75 Å². The number of ether oxygens (including phenoxy) is 1. The number of rotatable bonds is 4. The Morgan fingerprint density at radius 3 is 2.62 bits per heavy atom. The Bertz CT molecular complexity index is 421. The summed E-state index contributed by atoms with van der Waals surface area (Å²) in [5, 5.41) is 8.48. The molecule has 0 spiro atoms. The van der Waals surface area contributed by atoms with Crippen LogP contribution in [0.4, 0.5) is 8.78 Å². The average Bonchev–Trinajstić information content (AvgIpc) is 2.22. The first kappa shape index (κ1) is 12.9. The number of halogens is 3. The molecule has 6 heteroatoms. The van der Waals surface area contributed by atoms with Gasteiger partial charge in [-0.05, 0) is 34.0 Å². The normalized spacial score (nSPS) is 10.2. The number of carboxylic acids is 1. The van der Waals surface area contributed by atoms with Gasteiger partial charge in [-0.3, -0.25) is 4.79 Å². The minimum Gasteiger partial charge on any atom is -0.491 e. The Morgan fingerprint density at radius 1 is 1.50 bits per heavy atom. The van der Waals surface area contributed by atoms with Crippen molar-refractivity contribution in [3.8, 4) is 5.75 Å². The highest BCUT2D eigenvalue weighted by molar-refractivity contribution is 9.10. The van der Waals surface area contributed by atoms with Crippen LogP contribution < -0.4 is 4.74 Å². The van der Waals surface area contributed by atoms with Crippen LogP contribution in [0.1, 0.15) is 12.0 Å². The van der Waals surface area contributed by atoms with Crippen molar-refractivity contribution in [1.29, 1.82) is 0 Å². The molecule has 0 aliphatic carbocycles. The van der Waals surface area contributed by atoms with Crippen LogP contribution >= 0.6 is 15.9 Å². The van der Waals surface area contributed by atoms with Gasteiger partial charge in [0.2, 0.25) is 0 Å². The van der Waals surface area contributed by atoms with Crippen molar-refractivity contribution in [2.24, 2.45) is 0 Å². The lowest BCUT2D eigenvalue weighted by atomic mass is 10.1. The maximum absolute atomic E-state index is 13.6. The smallest absolute Gasteiger partial charge is 0.303 e. The second-order valence-corrected chi connectivity index (χ2v) is 3.93. The van der Waals surface area contributed by atoms with Gasteiger partial charge >= 0.3 is 5.97 Å². The van der Waals surface area contributed by atoms with E-state index in [0.29, 0.717) is 0 Å². The first-order chi connectivity index (χ1) is 7.47. The predicted octanol–water partition coefficient (Wildman–Crippen LogP) is 2.75. The van der Waals surface area contributed by atoms with Gasteiger partial charge in [0, 0.05) is 6.42 Å². The third-order valence-corrected chi connectivity index (χ3v) is 2.58. The van der Waals surface area contributed by atoms with Crippen LogP contribution in [0.15, 0.2) is 10.5 Å². The molecular formula is C10H9BrF2O3. The van der Waals surface area contributed by atoms with Crippen LogP contribution in [-0.4, -0.2) is 18.2 Å². The van der Waals surface area contributed by atoms with E-state index in [-0.39, 0.29) is 22.9 Å². The Balaban J connectivity index is 3.10. The topological polar surface area (TPSA) is 46.5 Å². The highest BCUT2D eigenvalue weighted by Gasteiger charge is 2.18. The molecule has 0 aliphatic heterocycles. The summed E-state index contributed by atoms with van der Waals surface area (Å²) < 4.78 is 31.5. The van der Waals surface area contributed by atoms with Crippen LogP contribution in [0.2, 0.25) is 0 Å². The first-order valence-corrected chi connectivity index (χ1v) is 5.18. The second-order valence-electron chi connectivity index (χ2n) is 3.07. The van der Waals surface area contributed by atoms with Gasteiger partial charge in [0.05, 0.1) is 11.6 Å². The standard InChI is InChI=1S/C10H9BrF2O3/c1-16-10-8(12)5(2-3-7(14)15)4-6(11)9(10)13/h4H,2-3H2,1H3,(H,14,15). The fourth-order valence-electron chi connectivity index (χ4n) is 1.23. The zero-order valence-corrected chi connectivity index (χ0v) is 9.98. The molecule has 0 bridgehead atoms. The van der Waals surface area contributed by atoms with Gasteiger partial charge in [0.25, 0.3) is 0 Å². The van der Waals surface area contributed by atoms with E-state index < -0.39 is 23.4 Å². The van der Waals surface area contributed by atoms with Crippen molar-refractivity contribution < 1.29 is 23.4 Å². The molecule has 0 saturated carbocycles. The monoisotopic (exact) mass is 294 g/mol. The number of hydrogen-bond donors (Lipinski definition) is 1. The van der Waals surface area contributed by atoms with E-state index in [4.69, 9.17) is 5.11 Å². The van der Waals surface area contributed by atoms with E-state index in [9.17, 15) is 13.6 Å². The zero-order chi connectivity index (χ0) is 12.3. The maximum atomic E-state index is 13.6. The van der Waals surface area contributed by atoms with Crippen molar-refractivity contribution in [3.63, 3.8) is 0 Å². The molecular weight excluding hydrogens is 286 g/mol. The molecule has 1 rings (SSSR count). The third kappa shape index (κ3) is 2.69. The average molecular weight is 295 g/mol. The Hall–Kier alpha value is -1.17. The van der Waals surface area contributed by atoms with Gasteiger partial charge in [-0.2, -0.15) is 0 Å². The second kappa shape index (κ2) is 5.25. The largest absolute Gasteiger partial charge is 0.491 e. The van der Waals surface area contributed by atoms with E-state index >= 15 is 0 Å². The zero-order valence-electron chi connectivity index (χ0n) is 8.39. The number of benzene rings is 1. The summed E-state index contributed by atoms with van der Waals surface area (Å²) in [5.41, 5.74) is 0.104. The number of carbonyl (C=O) groups is 1. The van der Waals surface area contributed by atoms with Gasteiger partial charge < -0.3 is 9.84 Å². The maximum Gasteiger partial charge on any atom is 0.303 e. The van der Waals surface area contributed by atoms with E-state index in [1.807, 2.05) is 0 Å². The molecule has 0 aliphatic rings. The number of methoxy groups -OCH3 is 1. The minimum absolute atomic E-state index is 0.0175. The summed E-state index contributed by atoms with van der Waals surface area (Å²) in [7, 11) is 1.15. The Kier molecular flexibility index (Phi) is 4.23. The minimum atomic E-state index is -1.04. The summed E-state index contributed by atoms with van der Waals surface area (Å²) in [6.07, 6.45) is -0.242. The fourth-order valence-corrected chi connectivity index (χ4v) is 1.69. The summed E-state index contributed by atoms with van der Waals surface area (Å²) in [6, 6.07) is 1.22. The van der Waals surface area contributed by atoms with Crippen LogP contribution in [0, 0.1) is 11.6 Å². The van der Waals surface area contributed by atoms with Gasteiger partial charge in [-0.15, -0.1) is 0 Å². The lowest BCUT2D eigenvalue weighted by molar-refractivity contribution is -0.136. The first-order valence-electron chi connectivity index (χ1n) is 4.39. The van der Waals surface area contributed by atoms with Crippen molar-refractivity contribution in [2.45, 2.75) is 12.8 Å². The molecule has 1 aromatic carbocycles. The number of carboxylic acid groups (broad SMARTS) is 1. The molecule has 0 fully saturated rings. The molecule has 0 amide bonds. The molecule has 0 atom stereocenters. The molecule has 0 radical (unpaired) electrons. The quantitative estimate of drug-likeness (QED) is 0.869. The van der Waals surface area contributed by atoms with Gasteiger partial charge in [0.15, 0.2) is 17.4 Å². The SMILES string of the molecule is COc1c(F)c(Br)cc(CCC(=O)O)c1F.